The van der Waals surface area contributed by atoms with Crippen LogP contribution in [0.3, 0.4) is 0 Å². The molecule has 3 rings (SSSR count). The smallest absolute Gasteiger partial charge is 0.288 e. The van der Waals surface area contributed by atoms with Gasteiger partial charge in [-0.05, 0) is 36.4 Å². The molecule has 1 aromatic heterocycles. The van der Waals surface area contributed by atoms with E-state index in [0.717, 1.165) is 0 Å². The van der Waals surface area contributed by atoms with Crippen molar-refractivity contribution in [1.82, 2.24) is 0 Å². The maximum Gasteiger partial charge on any atom is 0.288 e. The van der Waals surface area contributed by atoms with Gasteiger partial charge >= 0.3 is 0 Å². The van der Waals surface area contributed by atoms with Crippen molar-refractivity contribution in [1.29, 1.82) is 0 Å². The lowest BCUT2D eigenvalue weighted by molar-refractivity contribution is -0.384. The molecule has 0 bridgehead atoms. The summed E-state index contributed by atoms with van der Waals surface area (Å²) in [4.78, 5) is 14.4. The summed E-state index contributed by atoms with van der Waals surface area (Å²) in [5.41, 5.74) is 0.501. The second kappa shape index (κ2) is 6.64. The van der Waals surface area contributed by atoms with Gasteiger partial charge in [-0.1, -0.05) is 23.7 Å². The standard InChI is InChI=1S/C17H10ClFN2O3/c18-13-7-5-11(9-16(13)21(22)23)17-8-6-12(24-17)10-20-15-4-2-1-3-14(15)19/h1-10H. The molecule has 0 saturated heterocycles. The summed E-state index contributed by atoms with van der Waals surface area (Å²) in [6, 6.07) is 13.8. The van der Waals surface area contributed by atoms with Gasteiger partial charge in [0.2, 0.25) is 0 Å². The van der Waals surface area contributed by atoms with Crippen LogP contribution in [-0.4, -0.2) is 11.1 Å². The lowest BCUT2D eigenvalue weighted by Gasteiger charge is -1.99. The van der Waals surface area contributed by atoms with E-state index in [2.05, 4.69) is 4.99 Å². The number of para-hydroxylation sites is 1. The molecule has 3 aromatic rings. The fourth-order valence-corrected chi connectivity index (χ4v) is 2.26. The number of hydrogen-bond donors (Lipinski definition) is 0. The van der Waals surface area contributed by atoms with Crippen LogP contribution in [0.25, 0.3) is 11.3 Å². The second-order valence-electron chi connectivity index (χ2n) is 4.83. The van der Waals surface area contributed by atoms with Crippen molar-refractivity contribution in [2.45, 2.75) is 0 Å². The van der Waals surface area contributed by atoms with Crippen LogP contribution in [0, 0.1) is 15.9 Å². The lowest BCUT2D eigenvalue weighted by Crippen LogP contribution is -1.89. The molecule has 0 aliphatic carbocycles. The Morgan fingerprint density at radius 3 is 2.71 bits per heavy atom. The van der Waals surface area contributed by atoms with Crippen LogP contribution in [0.1, 0.15) is 5.76 Å². The van der Waals surface area contributed by atoms with Gasteiger partial charge in [0, 0.05) is 11.6 Å². The molecular formula is C17H10ClFN2O3. The van der Waals surface area contributed by atoms with Crippen LogP contribution < -0.4 is 0 Å². The number of nitro groups is 1. The highest BCUT2D eigenvalue weighted by Crippen LogP contribution is 2.31. The maximum absolute atomic E-state index is 13.5. The summed E-state index contributed by atoms with van der Waals surface area (Å²) in [7, 11) is 0. The molecule has 120 valence electrons. The summed E-state index contributed by atoms with van der Waals surface area (Å²) in [6.07, 6.45) is 1.38. The molecule has 0 fully saturated rings. The maximum atomic E-state index is 13.5. The minimum absolute atomic E-state index is 0.0524. The fraction of sp³-hybridized carbons (Fsp3) is 0. The summed E-state index contributed by atoms with van der Waals surface area (Å²) < 4.78 is 19.1. The highest BCUT2D eigenvalue weighted by Gasteiger charge is 2.15. The van der Waals surface area contributed by atoms with Gasteiger partial charge in [-0.2, -0.15) is 0 Å². The minimum atomic E-state index is -0.560. The van der Waals surface area contributed by atoms with Crippen LogP contribution in [0.2, 0.25) is 5.02 Å². The van der Waals surface area contributed by atoms with Crippen LogP contribution >= 0.6 is 11.6 Å². The van der Waals surface area contributed by atoms with E-state index in [4.69, 9.17) is 16.0 Å². The minimum Gasteiger partial charge on any atom is -0.455 e. The van der Waals surface area contributed by atoms with Crippen LogP contribution in [0.15, 0.2) is 64.0 Å². The molecule has 0 saturated carbocycles. The van der Waals surface area contributed by atoms with Crippen LogP contribution in [0.5, 0.6) is 0 Å². The Labute approximate surface area is 141 Å². The average Bonchev–Trinajstić information content (AvgIpc) is 3.03. The molecular weight excluding hydrogens is 335 g/mol. The summed E-state index contributed by atoms with van der Waals surface area (Å²) in [5.74, 6) is 0.379. The fourth-order valence-electron chi connectivity index (χ4n) is 2.07. The van der Waals surface area contributed by atoms with Gasteiger partial charge in [0.25, 0.3) is 5.69 Å². The second-order valence-corrected chi connectivity index (χ2v) is 5.24. The third-order valence-electron chi connectivity index (χ3n) is 3.24. The molecule has 24 heavy (non-hydrogen) atoms. The van der Waals surface area contributed by atoms with Gasteiger partial charge in [-0.25, -0.2) is 9.38 Å². The highest BCUT2D eigenvalue weighted by atomic mass is 35.5. The number of rotatable bonds is 4. The van der Waals surface area contributed by atoms with E-state index in [0.29, 0.717) is 17.1 Å². The van der Waals surface area contributed by atoms with Crippen molar-refractivity contribution in [3.05, 3.63) is 81.3 Å². The van der Waals surface area contributed by atoms with Crippen molar-refractivity contribution < 1.29 is 13.7 Å². The molecule has 0 radical (unpaired) electrons. The molecule has 0 spiro atoms. The third kappa shape index (κ3) is 3.33. The first kappa shape index (κ1) is 15.9. The first-order chi connectivity index (χ1) is 11.5. The number of halogens is 2. The van der Waals surface area contributed by atoms with Gasteiger partial charge in [-0.15, -0.1) is 0 Å². The van der Waals surface area contributed by atoms with Crippen LogP contribution in [0.4, 0.5) is 15.8 Å². The number of hydrogen-bond acceptors (Lipinski definition) is 4. The monoisotopic (exact) mass is 344 g/mol. The predicted molar refractivity (Wildman–Crippen MR) is 89.5 cm³/mol. The lowest BCUT2D eigenvalue weighted by atomic mass is 10.1. The topological polar surface area (TPSA) is 68.6 Å². The normalized spacial score (nSPS) is 11.1. The van der Waals surface area contributed by atoms with E-state index in [1.54, 1.807) is 30.3 Å². The molecule has 0 unspecified atom stereocenters. The number of furan rings is 1. The molecule has 0 aliphatic heterocycles. The molecule has 1 heterocycles. The average molecular weight is 345 g/mol. The molecule has 7 heteroatoms. The predicted octanol–water partition coefficient (Wildman–Crippen LogP) is 5.40. The molecule has 0 amide bonds. The Balaban J connectivity index is 1.87. The van der Waals surface area contributed by atoms with Gasteiger partial charge in [0.05, 0.1) is 16.8 Å². The zero-order valence-electron chi connectivity index (χ0n) is 12.1. The van der Waals surface area contributed by atoms with E-state index in [1.807, 2.05) is 0 Å². The van der Waals surface area contributed by atoms with Gasteiger partial charge in [0.1, 0.15) is 22.4 Å². The van der Waals surface area contributed by atoms with E-state index in [9.17, 15) is 14.5 Å². The van der Waals surface area contributed by atoms with Gasteiger partial charge < -0.3 is 4.42 Å². The van der Waals surface area contributed by atoms with Crippen molar-refractivity contribution in [3.8, 4) is 11.3 Å². The first-order valence-electron chi connectivity index (χ1n) is 6.87. The summed E-state index contributed by atoms with van der Waals surface area (Å²) >= 11 is 5.79. The molecule has 0 atom stereocenters. The molecule has 0 aliphatic rings. The van der Waals surface area contributed by atoms with E-state index in [-0.39, 0.29) is 16.4 Å². The van der Waals surface area contributed by atoms with E-state index >= 15 is 0 Å². The largest absolute Gasteiger partial charge is 0.455 e. The number of nitrogens with zero attached hydrogens (tertiary/aromatic N) is 2. The zero-order valence-corrected chi connectivity index (χ0v) is 12.9. The molecule has 5 nitrogen and oxygen atoms in total. The van der Waals surface area contributed by atoms with E-state index in [1.165, 1.54) is 30.5 Å². The van der Waals surface area contributed by atoms with Crippen LogP contribution in [-0.2, 0) is 0 Å². The zero-order chi connectivity index (χ0) is 17.1. The van der Waals surface area contributed by atoms with Crippen molar-refractivity contribution in [3.63, 3.8) is 0 Å². The van der Waals surface area contributed by atoms with Crippen molar-refractivity contribution >= 4 is 29.2 Å². The Hall–Kier alpha value is -2.99. The molecule has 0 N–H and O–H groups in total. The third-order valence-corrected chi connectivity index (χ3v) is 3.56. The Kier molecular flexibility index (Phi) is 4.39. The SMILES string of the molecule is O=[N+]([O-])c1cc(-c2ccc(C=Nc3ccccc3F)o2)ccc1Cl. The number of benzene rings is 2. The highest BCUT2D eigenvalue weighted by molar-refractivity contribution is 6.32. The Bertz CT molecular complexity index is 937. The van der Waals surface area contributed by atoms with Crippen molar-refractivity contribution in [2.75, 3.05) is 0 Å². The van der Waals surface area contributed by atoms with E-state index < -0.39 is 10.7 Å². The number of aliphatic imine (C=N–C) groups is 1. The summed E-state index contributed by atoms with van der Waals surface area (Å²) in [6.45, 7) is 0. The van der Waals surface area contributed by atoms with Gasteiger partial charge in [-0.3, -0.25) is 10.1 Å². The van der Waals surface area contributed by atoms with Crippen molar-refractivity contribution in [2.24, 2.45) is 4.99 Å². The Morgan fingerprint density at radius 1 is 1.17 bits per heavy atom. The first-order valence-corrected chi connectivity index (χ1v) is 7.25. The van der Waals surface area contributed by atoms with Gasteiger partial charge in [0.15, 0.2) is 0 Å². The Morgan fingerprint density at radius 2 is 1.96 bits per heavy atom. The number of nitro benzene ring substituents is 1. The quantitative estimate of drug-likeness (QED) is 0.361. The molecule has 2 aromatic carbocycles. The summed E-state index contributed by atoms with van der Waals surface area (Å²) in [5, 5.41) is 11.0.